The normalized spacial score (nSPS) is 11.0. The molecule has 0 N–H and O–H groups in total. The third-order valence-corrected chi connectivity index (χ3v) is 4.50. The van der Waals surface area contributed by atoms with Gasteiger partial charge in [0.25, 0.3) is 0 Å². The van der Waals surface area contributed by atoms with E-state index < -0.39 is 0 Å². The fourth-order valence-electron chi connectivity index (χ4n) is 2.89. The number of benzene rings is 2. The largest absolute Gasteiger partial charge is 0.464 e. The van der Waals surface area contributed by atoms with Crippen LogP contribution in [0.2, 0.25) is 0 Å². The molecule has 0 aliphatic carbocycles. The van der Waals surface area contributed by atoms with E-state index in [9.17, 15) is 4.79 Å². The first-order chi connectivity index (χ1) is 13.1. The average Bonchev–Trinajstić information content (AvgIpc) is 3.29. The molecule has 0 spiro atoms. The zero-order valence-electron chi connectivity index (χ0n) is 15.0. The van der Waals surface area contributed by atoms with Crippen molar-refractivity contribution in [2.24, 2.45) is 0 Å². The van der Waals surface area contributed by atoms with Crippen LogP contribution in [0.5, 0.6) is 0 Å². The molecule has 0 aliphatic heterocycles. The summed E-state index contributed by atoms with van der Waals surface area (Å²) in [5, 5.41) is 12.5. The smallest absolute Gasteiger partial charge is 0.310 e. The molecule has 0 atom stereocenters. The second-order valence-electron chi connectivity index (χ2n) is 6.37. The minimum Gasteiger partial charge on any atom is -0.464 e. The summed E-state index contributed by atoms with van der Waals surface area (Å²) in [6, 6.07) is 13.5. The van der Waals surface area contributed by atoms with E-state index >= 15 is 0 Å². The van der Waals surface area contributed by atoms with Gasteiger partial charge in [-0.2, -0.15) is 4.68 Å². The van der Waals surface area contributed by atoms with Gasteiger partial charge in [-0.3, -0.25) is 4.79 Å². The van der Waals surface area contributed by atoms with Crippen molar-refractivity contribution in [3.63, 3.8) is 0 Å². The Hall–Kier alpha value is -3.48. The van der Waals surface area contributed by atoms with Crippen LogP contribution in [-0.2, 0) is 22.6 Å². The van der Waals surface area contributed by atoms with E-state index in [1.54, 1.807) is 10.9 Å². The topological polar surface area (TPSA) is 83.0 Å². The Bertz CT molecular complexity index is 1100. The van der Waals surface area contributed by atoms with Crippen LogP contribution in [0.1, 0.15) is 22.5 Å². The fourth-order valence-corrected chi connectivity index (χ4v) is 2.89. The zero-order valence-corrected chi connectivity index (χ0v) is 15.0. The molecule has 2 aromatic heterocycles. The Morgan fingerprint density at radius 2 is 1.93 bits per heavy atom. The number of aryl methyl sites for hydroxylation is 2. The van der Waals surface area contributed by atoms with E-state index in [0.717, 1.165) is 33.3 Å². The number of carbonyl (C=O) groups is 1. The number of nitrogens with zero attached hydrogens (tertiary/aromatic N) is 4. The number of esters is 1. The summed E-state index contributed by atoms with van der Waals surface area (Å²) < 4.78 is 12.5. The fraction of sp³-hybridized carbons (Fsp3) is 0.200. The number of hydrogen-bond acceptors (Lipinski definition) is 6. The maximum Gasteiger partial charge on any atom is 0.310 e. The van der Waals surface area contributed by atoms with E-state index in [0.29, 0.717) is 5.82 Å². The lowest BCUT2D eigenvalue weighted by Crippen LogP contribution is -2.11. The van der Waals surface area contributed by atoms with Crippen LogP contribution in [0.4, 0.5) is 0 Å². The Morgan fingerprint density at radius 3 is 2.74 bits per heavy atom. The molecule has 136 valence electrons. The predicted octanol–water partition coefficient (Wildman–Crippen LogP) is 3.31. The third-order valence-electron chi connectivity index (χ3n) is 4.50. The second-order valence-corrected chi connectivity index (χ2v) is 6.37. The van der Waals surface area contributed by atoms with Crippen LogP contribution in [0.15, 0.2) is 53.1 Å². The molecular weight excluding hydrogens is 344 g/mol. The number of fused-ring (bicyclic) bond motifs is 1. The number of carbonyl (C=O) groups excluding carboxylic acids is 1. The van der Waals surface area contributed by atoms with Crippen LogP contribution in [0.25, 0.3) is 16.7 Å². The van der Waals surface area contributed by atoms with Gasteiger partial charge in [0.2, 0.25) is 0 Å². The number of hydrogen-bond donors (Lipinski definition) is 0. The predicted molar refractivity (Wildman–Crippen MR) is 98.3 cm³/mol. The van der Waals surface area contributed by atoms with Gasteiger partial charge >= 0.3 is 5.97 Å². The molecule has 0 saturated heterocycles. The molecule has 2 heterocycles. The van der Waals surface area contributed by atoms with Crippen molar-refractivity contribution in [3.05, 3.63) is 71.2 Å². The maximum atomic E-state index is 12.3. The number of furan rings is 1. The molecule has 0 amide bonds. The molecule has 0 radical (unpaired) electrons. The first-order valence-corrected chi connectivity index (χ1v) is 8.57. The number of tetrazole rings is 1. The quantitative estimate of drug-likeness (QED) is 0.507. The summed E-state index contributed by atoms with van der Waals surface area (Å²) in [4.78, 5) is 12.3. The van der Waals surface area contributed by atoms with Gasteiger partial charge in [-0.25, -0.2) is 0 Å². The maximum absolute atomic E-state index is 12.3. The highest BCUT2D eigenvalue weighted by atomic mass is 16.5. The summed E-state index contributed by atoms with van der Waals surface area (Å²) >= 11 is 0. The molecule has 0 bridgehead atoms. The van der Waals surface area contributed by atoms with Crippen LogP contribution in [-0.4, -0.2) is 26.2 Å². The number of para-hydroxylation sites is 1. The second kappa shape index (κ2) is 7.03. The highest BCUT2D eigenvalue weighted by Gasteiger charge is 2.15. The minimum absolute atomic E-state index is 0.00531. The highest BCUT2D eigenvalue weighted by Crippen LogP contribution is 2.25. The first kappa shape index (κ1) is 17.0. The number of ether oxygens (including phenoxy) is 1. The molecule has 4 rings (SSSR count). The van der Waals surface area contributed by atoms with Crippen LogP contribution in [0.3, 0.4) is 0 Å². The molecule has 0 fully saturated rings. The molecule has 0 unspecified atom stereocenters. The highest BCUT2D eigenvalue weighted by molar-refractivity contribution is 5.86. The van der Waals surface area contributed by atoms with Crippen molar-refractivity contribution in [2.75, 3.05) is 0 Å². The lowest BCUT2D eigenvalue weighted by Gasteiger charge is -2.06. The lowest BCUT2D eigenvalue weighted by molar-refractivity contribution is -0.144. The zero-order chi connectivity index (χ0) is 18.8. The minimum atomic E-state index is -0.362. The van der Waals surface area contributed by atoms with Crippen LogP contribution in [0, 0.1) is 13.8 Å². The Balaban J connectivity index is 1.46. The first-order valence-electron chi connectivity index (χ1n) is 8.57. The molecule has 7 heteroatoms. The summed E-state index contributed by atoms with van der Waals surface area (Å²) in [7, 11) is 0. The van der Waals surface area contributed by atoms with E-state index in [-0.39, 0.29) is 19.0 Å². The van der Waals surface area contributed by atoms with Gasteiger partial charge in [0, 0.05) is 10.9 Å². The van der Waals surface area contributed by atoms with Gasteiger partial charge in [0.15, 0.2) is 12.4 Å². The number of aromatic nitrogens is 4. The van der Waals surface area contributed by atoms with Gasteiger partial charge in [-0.1, -0.05) is 18.2 Å². The molecule has 0 saturated carbocycles. The molecule has 2 aromatic carbocycles. The van der Waals surface area contributed by atoms with Crippen molar-refractivity contribution in [1.29, 1.82) is 0 Å². The molecule has 27 heavy (non-hydrogen) atoms. The van der Waals surface area contributed by atoms with Crippen LogP contribution < -0.4 is 0 Å². The monoisotopic (exact) mass is 362 g/mol. The van der Waals surface area contributed by atoms with Crippen molar-refractivity contribution < 1.29 is 13.9 Å². The SMILES string of the molecule is Cc1cc2occ(CC(=O)OCc3nnnn3-c3ccccc3)c2cc1C. The average molecular weight is 362 g/mol. The Labute approximate surface area is 155 Å². The summed E-state index contributed by atoms with van der Waals surface area (Å²) in [5.41, 5.74) is 4.69. The standard InChI is InChI=1S/C20H18N4O3/c1-13-8-17-15(11-26-18(17)9-14(13)2)10-20(25)27-12-19-21-22-23-24(19)16-6-4-3-5-7-16/h3-9,11H,10,12H2,1-2H3. The summed E-state index contributed by atoms with van der Waals surface area (Å²) in [6.07, 6.45) is 1.74. The van der Waals surface area contributed by atoms with Gasteiger partial charge in [0.05, 0.1) is 18.4 Å². The lowest BCUT2D eigenvalue weighted by atomic mass is 10.0. The number of rotatable bonds is 5. The summed E-state index contributed by atoms with van der Waals surface area (Å²) in [6.45, 7) is 4.06. The Kier molecular flexibility index (Phi) is 4.42. The third kappa shape index (κ3) is 3.44. The van der Waals surface area contributed by atoms with Gasteiger partial charge in [-0.05, 0) is 59.7 Å². The van der Waals surface area contributed by atoms with Gasteiger partial charge in [-0.15, -0.1) is 5.10 Å². The van der Waals surface area contributed by atoms with Crippen molar-refractivity contribution in [3.8, 4) is 5.69 Å². The van der Waals surface area contributed by atoms with Gasteiger partial charge in [0.1, 0.15) is 5.58 Å². The molecule has 4 aromatic rings. The van der Waals surface area contributed by atoms with Crippen molar-refractivity contribution in [1.82, 2.24) is 20.2 Å². The van der Waals surface area contributed by atoms with E-state index in [4.69, 9.17) is 9.15 Å². The van der Waals surface area contributed by atoms with E-state index in [1.165, 1.54) is 0 Å². The van der Waals surface area contributed by atoms with E-state index in [2.05, 4.69) is 15.5 Å². The molecule has 0 aliphatic rings. The van der Waals surface area contributed by atoms with Crippen LogP contribution >= 0.6 is 0 Å². The van der Waals surface area contributed by atoms with Crippen molar-refractivity contribution in [2.45, 2.75) is 26.9 Å². The Morgan fingerprint density at radius 1 is 1.15 bits per heavy atom. The van der Waals surface area contributed by atoms with Crippen molar-refractivity contribution >= 4 is 16.9 Å². The van der Waals surface area contributed by atoms with E-state index in [1.807, 2.05) is 56.3 Å². The summed E-state index contributed by atoms with van der Waals surface area (Å²) in [5.74, 6) is 0.0941. The molecule has 7 nitrogen and oxygen atoms in total. The van der Waals surface area contributed by atoms with Gasteiger partial charge < -0.3 is 9.15 Å². The molecular formula is C20H18N4O3.